The molecule has 0 saturated heterocycles. The zero-order valence-electron chi connectivity index (χ0n) is 14.7. The summed E-state index contributed by atoms with van der Waals surface area (Å²) in [6.45, 7) is 1.92. The van der Waals surface area contributed by atoms with E-state index in [0.29, 0.717) is 27.6 Å². The molecule has 0 aromatic heterocycles. The number of nitro benzene ring substituents is 1. The number of nitro groups is 1. The number of nitrogens with zero attached hydrogens (tertiary/aromatic N) is 2. The highest BCUT2D eigenvalue weighted by atomic mass is 35.5. The van der Waals surface area contributed by atoms with Crippen molar-refractivity contribution in [1.29, 1.82) is 0 Å². The molecular formula is C19H17ClN2O5. The van der Waals surface area contributed by atoms with Crippen molar-refractivity contribution in [2.45, 2.75) is 13.0 Å². The molecule has 3 rings (SSSR count). The van der Waals surface area contributed by atoms with Gasteiger partial charge in [0.2, 0.25) is 12.7 Å². The van der Waals surface area contributed by atoms with Gasteiger partial charge in [-0.3, -0.25) is 14.9 Å². The molecule has 140 valence electrons. The summed E-state index contributed by atoms with van der Waals surface area (Å²) < 4.78 is 10.6. The van der Waals surface area contributed by atoms with E-state index in [-0.39, 0.29) is 24.4 Å². The van der Waals surface area contributed by atoms with Crippen molar-refractivity contribution in [2.24, 2.45) is 0 Å². The lowest BCUT2D eigenvalue weighted by atomic mass is 10.1. The number of hydrogen-bond donors (Lipinski definition) is 0. The standard InChI is InChI=1S/C19H17ClN2O5/c1-12(14-4-3-5-15(10-14)22(24)25)21(2)18(23)7-6-13-8-16(20)19-17(9-13)26-11-27-19/h3-10,12H,11H2,1-2H3/b7-6+/t12-/m1/s1. The van der Waals surface area contributed by atoms with Gasteiger partial charge in [0.15, 0.2) is 11.5 Å². The summed E-state index contributed by atoms with van der Waals surface area (Å²) in [7, 11) is 1.64. The van der Waals surface area contributed by atoms with E-state index in [1.165, 1.54) is 23.1 Å². The van der Waals surface area contributed by atoms with Gasteiger partial charge in [-0.05, 0) is 36.3 Å². The molecule has 0 saturated carbocycles. The number of likely N-dealkylation sites (N-methyl/N-ethyl adjacent to an activating group) is 1. The molecule has 0 N–H and O–H groups in total. The lowest BCUT2D eigenvalue weighted by Gasteiger charge is -2.24. The number of amides is 1. The fourth-order valence-corrected chi connectivity index (χ4v) is 2.95. The Morgan fingerprint density at radius 2 is 2.11 bits per heavy atom. The largest absolute Gasteiger partial charge is 0.454 e. The van der Waals surface area contributed by atoms with Gasteiger partial charge in [0, 0.05) is 25.3 Å². The Morgan fingerprint density at radius 1 is 1.33 bits per heavy atom. The number of carbonyl (C=O) groups is 1. The highest BCUT2D eigenvalue weighted by Crippen LogP contribution is 2.40. The van der Waals surface area contributed by atoms with Gasteiger partial charge >= 0.3 is 0 Å². The maximum absolute atomic E-state index is 12.5. The summed E-state index contributed by atoms with van der Waals surface area (Å²) in [5.41, 5.74) is 1.37. The number of rotatable bonds is 5. The monoisotopic (exact) mass is 388 g/mol. The van der Waals surface area contributed by atoms with Gasteiger partial charge in [0.25, 0.3) is 5.69 Å². The second-order valence-electron chi connectivity index (χ2n) is 6.05. The minimum absolute atomic E-state index is 0.00857. The van der Waals surface area contributed by atoms with E-state index in [4.69, 9.17) is 21.1 Å². The predicted octanol–water partition coefficient (Wildman–Crippen LogP) is 4.21. The second-order valence-corrected chi connectivity index (χ2v) is 6.45. The van der Waals surface area contributed by atoms with Gasteiger partial charge in [0.05, 0.1) is 16.0 Å². The van der Waals surface area contributed by atoms with Crippen molar-refractivity contribution < 1.29 is 19.2 Å². The molecule has 1 aliphatic rings. The molecule has 0 radical (unpaired) electrons. The van der Waals surface area contributed by atoms with Crippen LogP contribution in [-0.4, -0.2) is 29.6 Å². The Hall–Kier alpha value is -3.06. The Labute approximate surface area is 160 Å². The van der Waals surface area contributed by atoms with E-state index >= 15 is 0 Å². The van der Waals surface area contributed by atoms with Crippen LogP contribution in [0.5, 0.6) is 11.5 Å². The Morgan fingerprint density at radius 3 is 2.85 bits per heavy atom. The number of hydrogen-bond acceptors (Lipinski definition) is 5. The maximum Gasteiger partial charge on any atom is 0.269 e. The van der Waals surface area contributed by atoms with Crippen molar-refractivity contribution in [1.82, 2.24) is 4.90 Å². The SMILES string of the molecule is C[C@H](c1cccc([N+](=O)[O-])c1)N(C)C(=O)/C=C/c1cc(Cl)c2c(c1)OCO2. The summed E-state index contributed by atoms with van der Waals surface area (Å²) in [5.74, 6) is 0.785. The molecule has 27 heavy (non-hydrogen) atoms. The molecule has 1 aliphatic heterocycles. The number of non-ortho nitro benzene ring substituents is 1. The van der Waals surface area contributed by atoms with Gasteiger partial charge in [-0.25, -0.2) is 0 Å². The van der Waals surface area contributed by atoms with Crippen molar-refractivity contribution in [2.75, 3.05) is 13.8 Å². The summed E-state index contributed by atoms with van der Waals surface area (Å²) in [6.07, 6.45) is 3.05. The van der Waals surface area contributed by atoms with E-state index in [1.807, 2.05) is 6.92 Å². The third-order valence-corrected chi connectivity index (χ3v) is 4.64. The van der Waals surface area contributed by atoms with Crippen molar-refractivity contribution >= 4 is 29.3 Å². The maximum atomic E-state index is 12.5. The quantitative estimate of drug-likeness (QED) is 0.435. The number of fused-ring (bicyclic) bond motifs is 1. The first-order valence-electron chi connectivity index (χ1n) is 8.15. The van der Waals surface area contributed by atoms with Crippen LogP contribution in [-0.2, 0) is 4.79 Å². The van der Waals surface area contributed by atoms with Crippen LogP contribution in [0.1, 0.15) is 24.1 Å². The van der Waals surface area contributed by atoms with Crippen LogP contribution < -0.4 is 9.47 Å². The average molecular weight is 389 g/mol. The van der Waals surface area contributed by atoms with E-state index in [1.54, 1.807) is 37.4 Å². The normalized spacial score (nSPS) is 13.6. The van der Waals surface area contributed by atoms with Crippen LogP contribution >= 0.6 is 11.6 Å². The number of ether oxygens (including phenoxy) is 2. The minimum Gasteiger partial charge on any atom is -0.454 e. The van der Waals surface area contributed by atoms with Gasteiger partial charge in [-0.2, -0.15) is 0 Å². The number of carbonyl (C=O) groups excluding carboxylic acids is 1. The molecule has 2 aromatic carbocycles. The molecule has 0 unspecified atom stereocenters. The highest BCUT2D eigenvalue weighted by molar-refractivity contribution is 6.32. The molecule has 0 bridgehead atoms. The summed E-state index contributed by atoms with van der Waals surface area (Å²) in [4.78, 5) is 24.5. The van der Waals surface area contributed by atoms with Crippen molar-refractivity contribution in [3.8, 4) is 11.5 Å². The molecule has 0 aliphatic carbocycles. The Bertz CT molecular complexity index is 928. The fraction of sp³-hybridized carbons (Fsp3) is 0.211. The van der Waals surface area contributed by atoms with Crippen LogP contribution in [0.2, 0.25) is 5.02 Å². The summed E-state index contributed by atoms with van der Waals surface area (Å²) >= 11 is 6.13. The van der Waals surface area contributed by atoms with E-state index in [9.17, 15) is 14.9 Å². The van der Waals surface area contributed by atoms with Crippen LogP contribution in [0, 0.1) is 10.1 Å². The average Bonchev–Trinajstić information content (AvgIpc) is 3.14. The minimum atomic E-state index is -0.457. The summed E-state index contributed by atoms with van der Waals surface area (Å²) in [6, 6.07) is 9.33. The lowest BCUT2D eigenvalue weighted by Crippen LogP contribution is -2.28. The number of benzene rings is 2. The molecule has 7 nitrogen and oxygen atoms in total. The third kappa shape index (κ3) is 4.03. The van der Waals surface area contributed by atoms with Crippen LogP contribution in [0.3, 0.4) is 0 Å². The smallest absolute Gasteiger partial charge is 0.269 e. The topological polar surface area (TPSA) is 81.9 Å². The molecular weight excluding hydrogens is 372 g/mol. The van der Waals surface area contributed by atoms with E-state index in [2.05, 4.69) is 0 Å². The zero-order chi connectivity index (χ0) is 19.6. The van der Waals surface area contributed by atoms with Gasteiger partial charge < -0.3 is 14.4 Å². The molecule has 2 aromatic rings. The first kappa shape index (κ1) is 18.7. The molecule has 1 amide bonds. The van der Waals surface area contributed by atoms with Gasteiger partial charge in [0.1, 0.15) is 0 Å². The molecule has 0 fully saturated rings. The molecule has 1 atom stereocenters. The van der Waals surface area contributed by atoms with Gasteiger partial charge in [-0.15, -0.1) is 0 Å². The molecule has 1 heterocycles. The molecule has 8 heteroatoms. The van der Waals surface area contributed by atoms with Crippen molar-refractivity contribution in [3.05, 3.63) is 68.7 Å². The van der Waals surface area contributed by atoms with Gasteiger partial charge in [-0.1, -0.05) is 23.7 Å². The highest BCUT2D eigenvalue weighted by Gasteiger charge is 2.19. The van der Waals surface area contributed by atoms with Crippen LogP contribution in [0.4, 0.5) is 5.69 Å². The Kier molecular flexibility index (Phi) is 5.32. The predicted molar refractivity (Wildman–Crippen MR) is 101 cm³/mol. The number of halogens is 1. The zero-order valence-corrected chi connectivity index (χ0v) is 15.5. The first-order chi connectivity index (χ1) is 12.9. The third-order valence-electron chi connectivity index (χ3n) is 4.36. The van der Waals surface area contributed by atoms with E-state index < -0.39 is 4.92 Å². The van der Waals surface area contributed by atoms with E-state index in [0.717, 1.165) is 0 Å². The first-order valence-corrected chi connectivity index (χ1v) is 8.53. The van der Waals surface area contributed by atoms with Crippen LogP contribution in [0.25, 0.3) is 6.08 Å². The fourth-order valence-electron chi connectivity index (χ4n) is 2.68. The van der Waals surface area contributed by atoms with Crippen LogP contribution in [0.15, 0.2) is 42.5 Å². The lowest BCUT2D eigenvalue weighted by molar-refractivity contribution is -0.384. The Balaban J connectivity index is 1.74. The molecule has 0 spiro atoms. The van der Waals surface area contributed by atoms with Crippen molar-refractivity contribution in [3.63, 3.8) is 0 Å². The summed E-state index contributed by atoms with van der Waals surface area (Å²) in [5, 5.41) is 11.3. The second kappa shape index (κ2) is 7.67.